The van der Waals surface area contributed by atoms with Crippen LogP contribution in [-0.4, -0.2) is 28.2 Å². The van der Waals surface area contributed by atoms with Crippen molar-refractivity contribution in [2.45, 2.75) is 26.0 Å². The summed E-state index contributed by atoms with van der Waals surface area (Å²) in [6.45, 7) is 2.19. The van der Waals surface area contributed by atoms with Gasteiger partial charge in [0.2, 0.25) is 5.91 Å². The highest BCUT2D eigenvalue weighted by molar-refractivity contribution is 5.75. The zero-order valence-electron chi connectivity index (χ0n) is 9.22. The summed E-state index contributed by atoms with van der Waals surface area (Å²) >= 11 is 0. The minimum Gasteiger partial charge on any atom is -0.392 e. The van der Waals surface area contributed by atoms with Gasteiger partial charge in [-0.15, -0.1) is 0 Å². The van der Waals surface area contributed by atoms with Crippen molar-refractivity contribution in [2.75, 3.05) is 6.54 Å². The van der Waals surface area contributed by atoms with Crippen molar-refractivity contribution < 1.29 is 9.90 Å². The lowest BCUT2D eigenvalue weighted by Gasteiger charge is -2.07. The van der Waals surface area contributed by atoms with E-state index >= 15 is 0 Å². The highest BCUT2D eigenvalue weighted by Gasteiger charge is 2.03. The number of aliphatic hydroxyl groups is 1. The van der Waals surface area contributed by atoms with Crippen LogP contribution in [0.25, 0.3) is 0 Å². The topological polar surface area (TPSA) is 71.3 Å². The van der Waals surface area contributed by atoms with E-state index in [9.17, 15) is 9.59 Å². The van der Waals surface area contributed by atoms with E-state index in [4.69, 9.17) is 5.11 Å². The molecule has 0 saturated heterocycles. The Morgan fingerprint density at radius 1 is 1.56 bits per heavy atom. The Balaban J connectivity index is 2.38. The van der Waals surface area contributed by atoms with E-state index in [1.54, 1.807) is 25.3 Å². The van der Waals surface area contributed by atoms with Crippen molar-refractivity contribution in [3.63, 3.8) is 0 Å². The van der Waals surface area contributed by atoms with Crippen LogP contribution in [0.4, 0.5) is 0 Å². The molecule has 0 radical (unpaired) electrons. The van der Waals surface area contributed by atoms with Crippen LogP contribution < -0.4 is 10.9 Å². The first-order chi connectivity index (χ1) is 7.59. The molecule has 16 heavy (non-hydrogen) atoms. The third kappa shape index (κ3) is 4.27. The van der Waals surface area contributed by atoms with Crippen LogP contribution in [0.5, 0.6) is 0 Å². The smallest absolute Gasteiger partial charge is 0.250 e. The number of hydrogen-bond acceptors (Lipinski definition) is 3. The molecule has 1 heterocycles. The third-order valence-electron chi connectivity index (χ3n) is 2.07. The lowest BCUT2D eigenvalue weighted by Crippen LogP contribution is -2.32. The summed E-state index contributed by atoms with van der Waals surface area (Å²) in [4.78, 5) is 22.6. The van der Waals surface area contributed by atoms with Gasteiger partial charge in [-0.1, -0.05) is 6.07 Å². The first-order valence-electron chi connectivity index (χ1n) is 5.20. The Morgan fingerprint density at radius 2 is 2.31 bits per heavy atom. The number of aryl methyl sites for hydroxylation is 1. The number of pyridine rings is 1. The molecule has 1 atom stereocenters. The molecule has 0 aromatic carbocycles. The van der Waals surface area contributed by atoms with Crippen LogP contribution in [0.3, 0.4) is 0 Å². The molecule has 0 aliphatic carbocycles. The molecule has 88 valence electrons. The quantitative estimate of drug-likeness (QED) is 0.723. The maximum Gasteiger partial charge on any atom is 0.250 e. The van der Waals surface area contributed by atoms with Gasteiger partial charge in [0.1, 0.15) is 0 Å². The SMILES string of the molecule is C[C@H](O)CNC(=O)CCn1ccccc1=O. The minimum atomic E-state index is -0.552. The normalized spacial score (nSPS) is 12.1. The molecule has 0 unspecified atom stereocenters. The number of hydrogen-bond donors (Lipinski definition) is 2. The van der Waals surface area contributed by atoms with Gasteiger partial charge in [-0.2, -0.15) is 0 Å². The van der Waals surface area contributed by atoms with Crippen LogP contribution in [0.1, 0.15) is 13.3 Å². The average molecular weight is 224 g/mol. The summed E-state index contributed by atoms with van der Waals surface area (Å²) in [5.74, 6) is -0.170. The third-order valence-corrected chi connectivity index (χ3v) is 2.07. The van der Waals surface area contributed by atoms with Gasteiger partial charge in [0.25, 0.3) is 5.56 Å². The number of aliphatic hydroxyl groups excluding tert-OH is 1. The molecule has 0 saturated carbocycles. The van der Waals surface area contributed by atoms with Gasteiger partial charge < -0.3 is 15.0 Å². The van der Waals surface area contributed by atoms with Crippen molar-refractivity contribution >= 4 is 5.91 Å². The second kappa shape index (κ2) is 6.07. The Bertz CT molecular complexity index is 398. The molecule has 0 spiro atoms. The fourth-order valence-electron chi connectivity index (χ4n) is 1.22. The van der Waals surface area contributed by atoms with E-state index < -0.39 is 6.10 Å². The molecule has 2 N–H and O–H groups in total. The molecule has 0 bridgehead atoms. The summed E-state index contributed by atoms with van der Waals surface area (Å²) < 4.78 is 1.47. The zero-order chi connectivity index (χ0) is 12.0. The van der Waals surface area contributed by atoms with Crippen LogP contribution in [0.15, 0.2) is 29.2 Å². The molecule has 1 amide bonds. The predicted molar refractivity (Wildman–Crippen MR) is 60.0 cm³/mol. The molecule has 1 aromatic rings. The van der Waals surface area contributed by atoms with Crippen molar-refractivity contribution in [3.8, 4) is 0 Å². The van der Waals surface area contributed by atoms with Crippen LogP contribution in [-0.2, 0) is 11.3 Å². The molecule has 0 aliphatic rings. The van der Waals surface area contributed by atoms with Crippen molar-refractivity contribution in [2.24, 2.45) is 0 Å². The lowest BCUT2D eigenvalue weighted by atomic mass is 10.3. The summed E-state index contributed by atoms with van der Waals surface area (Å²) in [7, 11) is 0. The van der Waals surface area contributed by atoms with Gasteiger partial charge in [-0.05, 0) is 13.0 Å². The van der Waals surface area contributed by atoms with Gasteiger partial charge in [0.15, 0.2) is 0 Å². The molecule has 1 aromatic heterocycles. The monoisotopic (exact) mass is 224 g/mol. The van der Waals surface area contributed by atoms with Crippen molar-refractivity contribution in [1.29, 1.82) is 0 Å². The molecule has 5 nitrogen and oxygen atoms in total. The molecular formula is C11H16N2O3. The highest BCUT2D eigenvalue weighted by atomic mass is 16.3. The van der Waals surface area contributed by atoms with E-state index in [0.717, 1.165) is 0 Å². The fourth-order valence-corrected chi connectivity index (χ4v) is 1.22. The summed E-state index contributed by atoms with van der Waals surface area (Å²) in [6, 6.07) is 4.86. The largest absolute Gasteiger partial charge is 0.392 e. The second-order valence-electron chi connectivity index (χ2n) is 3.64. The fraction of sp³-hybridized carbons (Fsp3) is 0.455. The summed E-state index contributed by atoms with van der Waals surface area (Å²) in [5, 5.41) is 11.5. The van der Waals surface area contributed by atoms with Gasteiger partial charge in [0.05, 0.1) is 6.10 Å². The number of amides is 1. The Morgan fingerprint density at radius 3 is 2.94 bits per heavy atom. The van der Waals surface area contributed by atoms with E-state index in [1.165, 1.54) is 10.6 Å². The molecule has 5 heteroatoms. The Kier molecular flexibility index (Phi) is 4.72. The van der Waals surface area contributed by atoms with Crippen LogP contribution in [0.2, 0.25) is 0 Å². The van der Waals surface area contributed by atoms with Gasteiger partial charge >= 0.3 is 0 Å². The summed E-state index contributed by atoms with van der Waals surface area (Å²) in [5.41, 5.74) is -0.120. The number of nitrogens with one attached hydrogen (secondary N) is 1. The maximum atomic E-state index is 11.3. The number of rotatable bonds is 5. The maximum absolute atomic E-state index is 11.3. The number of aromatic nitrogens is 1. The first-order valence-corrected chi connectivity index (χ1v) is 5.20. The van der Waals surface area contributed by atoms with Gasteiger partial charge in [-0.3, -0.25) is 9.59 Å². The highest BCUT2D eigenvalue weighted by Crippen LogP contribution is 1.88. The van der Waals surface area contributed by atoms with Crippen molar-refractivity contribution in [3.05, 3.63) is 34.7 Å². The molecule has 0 fully saturated rings. The zero-order valence-corrected chi connectivity index (χ0v) is 9.22. The van der Waals surface area contributed by atoms with Gasteiger partial charge in [0, 0.05) is 31.8 Å². The van der Waals surface area contributed by atoms with E-state index in [-0.39, 0.29) is 24.4 Å². The lowest BCUT2D eigenvalue weighted by molar-refractivity contribution is -0.121. The van der Waals surface area contributed by atoms with Crippen LogP contribution in [0, 0.1) is 0 Å². The second-order valence-corrected chi connectivity index (χ2v) is 3.64. The Hall–Kier alpha value is -1.62. The summed E-state index contributed by atoms with van der Waals surface area (Å²) in [6.07, 6.45) is 1.32. The van der Waals surface area contributed by atoms with E-state index in [0.29, 0.717) is 6.54 Å². The Labute approximate surface area is 93.7 Å². The standard InChI is InChI=1S/C11H16N2O3/c1-9(14)8-12-10(15)5-7-13-6-3-2-4-11(13)16/h2-4,6,9,14H,5,7-8H2,1H3,(H,12,15)/t9-/m0/s1. The van der Waals surface area contributed by atoms with Crippen molar-refractivity contribution in [1.82, 2.24) is 9.88 Å². The van der Waals surface area contributed by atoms with Crippen LogP contribution >= 0.6 is 0 Å². The number of carbonyl (C=O) groups excluding carboxylic acids is 1. The number of nitrogens with zero attached hydrogens (tertiary/aromatic N) is 1. The molecule has 1 rings (SSSR count). The molecule has 0 aliphatic heterocycles. The van der Waals surface area contributed by atoms with Gasteiger partial charge in [-0.25, -0.2) is 0 Å². The first kappa shape index (κ1) is 12.4. The van der Waals surface area contributed by atoms with E-state index in [1.807, 2.05) is 0 Å². The minimum absolute atomic E-state index is 0.120. The number of carbonyl (C=O) groups is 1. The van der Waals surface area contributed by atoms with E-state index in [2.05, 4.69) is 5.32 Å². The average Bonchev–Trinajstić information content (AvgIpc) is 2.25. The predicted octanol–water partition coefficient (Wildman–Crippen LogP) is -0.265. The molecular weight excluding hydrogens is 208 g/mol.